The summed E-state index contributed by atoms with van der Waals surface area (Å²) in [6.45, 7) is 0.330. The number of ether oxygens (including phenoxy) is 3. The smallest absolute Gasteiger partial charge is 0.272 e. The van der Waals surface area contributed by atoms with Gasteiger partial charge in [0.25, 0.3) is 5.69 Å². The topological polar surface area (TPSA) is 83.7 Å². The molecule has 31 heavy (non-hydrogen) atoms. The highest BCUT2D eigenvalue weighted by molar-refractivity contribution is 5.88. The summed E-state index contributed by atoms with van der Waals surface area (Å²) in [5, 5.41) is 11.4. The van der Waals surface area contributed by atoms with Gasteiger partial charge in [-0.05, 0) is 23.8 Å². The average Bonchev–Trinajstić information content (AvgIpc) is 2.79. The van der Waals surface area contributed by atoms with Crippen LogP contribution in [-0.2, 0) is 6.61 Å². The van der Waals surface area contributed by atoms with Gasteiger partial charge in [-0.1, -0.05) is 30.3 Å². The zero-order valence-electron chi connectivity index (χ0n) is 16.4. The normalized spacial score (nSPS) is 10.6. The molecule has 0 aliphatic rings. The number of nitro groups is 1. The molecule has 0 amide bonds. The maximum atomic E-state index is 14.3. The molecule has 7 nitrogen and oxygen atoms in total. The van der Waals surface area contributed by atoms with Gasteiger partial charge in [0.1, 0.15) is 12.4 Å². The number of benzene rings is 3. The van der Waals surface area contributed by atoms with Crippen LogP contribution >= 0.6 is 0 Å². The van der Waals surface area contributed by atoms with Crippen LogP contribution in [0.3, 0.4) is 0 Å². The molecule has 156 valence electrons. The number of rotatable bonds is 7. The van der Waals surface area contributed by atoms with Crippen LogP contribution in [0.4, 0.5) is 10.1 Å². The van der Waals surface area contributed by atoms with Crippen molar-refractivity contribution >= 4 is 16.6 Å². The maximum Gasteiger partial charge on any atom is 0.272 e. The van der Waals surface area contributed by atoms with Gasteiger partial charge in [0.2, 0.25) is 0 Å². The fourth-order valence-electron chi connectivity index (χ4n) is 3.03. The molecule has 1 aromatic heterocycles. The van der Waals surface area contributed by atoms with Gasteiger partial charge in [-0.3, -0.25) is 15.1 Å². The zero-order valence-corrected chi connectivity index (χ0v) is 16.4. The Labute approximate surface area is 176 Å². The standard InChI is InChI=1S/C23H17FN2O5/c1-29-22-13-19-17(12-23(22)30-14-15-5-3-2-4-6-15)20(9-10-25-19)31-21-8-7-16(26(27)28)11-18(21)24/h2-13H,14H2,1H3. The summed E-state index contributed by atoms with van der Waals surface area (Å²) in [5.41, 5.74) is 1.19. The Morgan fingerprint density at radius 1 is 0.968 bits per heavy atom. The Balaban J connectivity index is 1.68. The lowest BCUT2D eigenvalue weighted by Crippen LogP contribution is -1.99. The molecular formula is C23H17FN2O5. The highest BCUT2D eigenvalue weighted by atomic mass is 19.1. The number of nitro benzene ring substituents is 1. The van der Waals surface area contributed by atoms with E-state index in [9.17, 15) is 14.5 Å². The van der Waals surface area contributed by atoms with E-state index in [0.29, 0.717) is 34.8 Å². The number of fused-ring (bicyclic) bond motifs is 1. The monoisotopic (exact) mass is 420 g/mol. The third-order valence-corrected chi connectivity index (χ3v) is 4.57. The molecule has 0 aliphatic carbocycles. The minimum atomic E-state index is -0.840. The molecule has 4 rings (SSSR count). The number of pyridine rings is 1. The first-order valence-corrected chi connectivity index (χ1v) is 9.30. The molecule has 8 heteroatoms. The number of non-ortho nitro benzene ring substituents is 1. The summed E-state index contributed by atoms with van der Waals surface area (Å²) < 4.78 is 31.4. The number of aromatic nitrogens is 1. The Morgan fingerprint density at radius 2 is 1.77 bits per heavy atom. The molecule has 0 bridgehead atoms. The van der Waals surface area contributed by atoms with E-state index >= 15 is 0 Å². The van der Waals surface area contributed by atoms with Gasteiger partial charge in [-0.2, -0.15) is 0 Å². The van der Waals surface area contributed by atoms with Crippen LogP contribution in [0, 0.1) is 15.9 Å². The van der Waals surface area contributed by atoms with Crippen molar-refractivity contribution in [1.82, 2.24) is 4.98 Å². The summed E-state index contributed by atoms with van der Waals surface area (Å²) in [5.74, 6) is 0.314. The van der Waals surface area contributed by atoms with Gasteiger partial charge in [0.05, 0.1) is 23.6 Å². The number of methoxy groups -OCH3 is 1. The first-order chi connectivity index (χ1) is 15.0. The third kappa shape index (κ3) is 4.37. The van der Waals surface area contributed by atoms with E-state index in [-0.39, 0.29) is 11.4 Å². The summed E-state index contributed by atoms with van der Waals surface area (Å²) in [7, 11) is 1.53. The lowest BCUT2D eigenvalue weighted by molar-refractivity contribution is -0.385. The van der Waals surface area contributed by atoms with Crippen LogP contribution in [0.1, 0.15) is 5.56 Å². The minimum absolute atomic E-state index is 0.138. The van der Waals surface area contributed by atoms with Crippen LogP contribution in [0.25, 0.3) is 10.9 Å². The Bertz CT molecular complexity index is 1250. The van der Waals surface area contributed by atoms with Crippen molar-refractivity contribution in [2.24, 2.45) is 0 Å². The van der Waals surface area contributed by atoms with Crippen molar-refractivity contribution in [2.75, 3.05) is 7.11 Å². The number of hydrogen-bond acceptors (Lipinski definition) is 6. The molecule has 0 radical (unpaired) electrons. The van der Waals surface area contributed by atoms with Crippen LogP contribution in [0.2, 0.25) is 0 Å². The summed E-state index contributed by atoms with van der Waals surface area (Å²) in [6, 6.07) is 17.9. The molecule has 0 fully saturated rings. The summed E-state index contributed by atoms with van der Waals surface area (Å²) in [4.78, 5) is 14.5. The number of nitrogens with zero attached hydrogens (tertiary/aromatic N) is 2. The largest absolute Gasteiger partial charge is 0.493 e. The lowest BCUT2D eigenvalue weighted by Gasteiger charge is -2.14. The van der Waals surface area contributed by atoms with E-state index in [0.717, 1.165) is 11.6 Å². The van der Waals surface area contributed by atoms with E-state index in [2.05, 4.69) is 4.98 Å². The highest BCUT2D eigenvalue weighted by Gasteiger charge is 2.16. The molecule has 4 aromatic rings. The molecule has 0 saturated carbocycles. The molecule has 3 aromatic carbocycles. The first kappa shape index (κ1) is 20.1. The zero-order chi connectivity index (χ0) is 21.8. The van der Waals surface area contributed by atoms with Crippen LogP contribution in [-0.4, -0.2) is 17.0 Å². The van der Waals surface area contributed by atoms with Gasteiger partial charge in [-0.15, -0.1) is 0 Å². The third-order valence-electron chi connectivity index (χ3n) is 4.57. The van der Waals surface area contributed by atoms with E-state index in [4.69, 9.17) is 14.2 Å². The molecule has 0 N–H and O–H groups in total. The van der Waals surface area contributed by atoms with Crippen LogP contribution in [0.5, 0.6) is 23.0 Å². The summed E-state index contributed by atoms with van der Waals surface area (Å²) >= 11 is 0. The average molecular weight is 420 g/mol. The Hall–Kier alpha value is -4.20. The molecular weight excluding hydrogens is 403 g/mol. The SMILES string of the molecule is COc1cc2nccc(Oc3ccc([N+](=O)[O-])cc3F)c2cc1OCc1ccccc1. The van der Waals surface area contributed by atoms with Crippen LogP contribution < -0.4 is 14.2 Å². The first-order valence-electron chi connectivity index (χ1n) is 9.30. The Morgan fingerprint density at radius 3 is 2.48 bits per heavy atom. The van der Waals surface area contributed by atoms with E-state index in [1.807, 2.05) is 30.3 Å². The minimum Gasteiger partial charge on any atom is -0.493 e. The van der Waals surface area contributed by atoms with Crippen LogP contribution in [0.15, 0.2) is 72.9 Å². The van der Waals surface area contributed by atoms with E-state index < -0.39 is 10.7 Å². The van der Waals surface area contributed by atoms with Crippen molar-refractivity contribution in [3.05, 3.63) is 94.4 Å². The van der Waals surface area contributed by atoms with E-state index in [1.54, 1.807) is 18.2 Å². The van der Waals surface area contributed by atoms with Gasteiger partial charge in [-0.25, -0.2) is 4.39 Å². The number of hydrogen-bond donors (Lipinski definition) is 0. The van der Waals surface area contributed by atoms with Crippen molar-refractivity contribution in [1.29, 1.82) is 0 Å². The highest BCUT2D eigenvalue weighted by Crippen LogP contribution is 2.38. The fourth-order valence-corrected chi connectivity index (χ4v) is 3.03. The second-order valence-electron chi connectivity index (χ2n) is 6.58. The number of halogens is 1. The molecule has 0 saturated heterocycles. The van der Waals surface area contributed by atoms with Gasteiger partial charge in [0.15, 0.2) is 23.1 Å². The van der Waals surface area contributed by atoms with E-state index in [1.165, 1.54) is 25.4 Å². The Kier molecular flexibility index (Phi) is 5.61. The quantitative estimate of drug-likeness (QED) is 0.283. The lowest BCUT2D eigenvalue weighted by atomic mass is 10.1. The van der Waals surface area contributed by atoms with Crippen molar-refractivity contribution in [3.8, 4) is 23.0 Å². The molecule has 0 unspecified atom stereocenters. The molecule has 0 atom stereocenters. The summed E-state index contributed by atoms with van der Waals surface area (Å²) in [6.07, 6.45) is 1.52. The predicted octanol–water partition coefficient (Wildman–Crippen LogP) is 5.66. The second kappa shape index (κ2) is 8.66. The van der Waals surface area contributed by atoms with Gasteiger partial charge >= 0.3 is 0 Å². The van der Waals surface area contributed by atoms with Gasteiger partial charge < -0.3 is 14.2 Å². The van der Waals surface area contributed by atoms with Crippen molar-refractivity contribution < 1.29 is 23.5 Å². The van der Waals surface area contributed by atoms with Crippen molar-refractivity contribution in [3.63, 3.8) is 0 Å². The second-order valence-corrected chi connectivity index (χ2v) is 6.58. The molecule has 0 spiro atoms. The predicted molar refractivity (Wildman–Crippen MR) is 112 cm³/mol. The van der Waals surface area contributed by atoms with Crippen molar-refractivity contribution in [2.45, 2.75) is 6.61 Å². The maximum absolute atomic E-state index is 14.3. The molecule has 0 aliphatic heterocycles. The fraction of sp³-hybridized carbons (Fsp3) is 0.0870. The van der Waals surface area contributed by atoms with Gasteiger partial charge in [0, 0.05) is 23.7 Å². The molecule has 1 heterocycles.